The molecule has 1 unspecified atom stereocenters. The lowest BCUT2D eigenvalue weighted by atomic mass is 10.1. The molecule has 1 saturated heterocycles. The molecule has 0 bridgehead atoms. The zero-order chi connectivity index (χ0) is 26.7. The predicted molar refractivity (Wildman–Crippen MR) is 149 cm³/mol. The van der Waals surface area contributed by atoms with E-state index in [2.05, 4.69) is 44.8 Å². The van der Waals surface area contributed by atoms with Crippen LogP contribution in [0.1, 0.15) is 49.4 Å². The maximum absolute atomic E-state index is 13.1. The molecule has 4 rings (SSSR count). The molecule has 2 aromatic heterocycles. The van der Waals surface area contributed by atoms with Gasteiger partial charge < -0.3 is 25.6 Å². The van der Waals surface area contributed by atoms with E-state index >= 15 is 0 Å². The quantitative estimate of drug-likeness (QED) is 0.341. The highest BCUT2D eigenvalue weighted by Gasteiger charge is 2.22. The van der Waals surface area contributed by atoms with E-state index in [0.29, 0.717) is 23.6 Å². The number of anilines is 3. The molecule has 3 aromatic rings. The van der Waals surface area contributed by atoms with E-state index in [1.807, 2.05) is 24.3 Å². The number of unbranched alkanes of at least 4 members (excludes halogenated alkanes) is 1. The number of ether oxygens (including phenoxy) is 1. The number of nitrogens with zero attached hydrogens (tertiary/aromatic N) is 3. The van der Waals surface area contributed by atoms with Crippen molar-refractivity contribution >= 4 is 28.9 Å². The molecule has 2 amide bonds. The predicted octanol–water partition coefficient (Wildman–Crippen LogP) is 4.62. The number of carbonyl (C=O) groups excluding carboxylic acids is 2. The van der Waals surface area contributed by atoms with Crippen LogP contribution in [0.4, 0.5) is 17.1 Å². The summed E-state index contributed by atoms with van der Waals surface area (Å²) in [6.07, 6.45) is 9.39. The van der Waals surface area contributed by atoms with E-state index in [4.69, 9.17) is 4.74 Å². The molecule has 1 aliphatic rings. The maximum atomic E-state index is 13.1. The summed E-state index contributed by atoms with van der Waals surface area (Å²) in [5.41, 5.74) is 2.80. The van der Waals surface area contributed by atoms with Crippen molar-refractivity contribution in [2.75, 3.05) is 30.8 Å². The Bertz CT molecular complexity index is 1160. The van der Waals surface area contributed by atoms with Crippen LogP contribution in [-0.2, 0) is 4.79 Å². The van der Waals surface area contributed by atoms with Gasteiger partial charge in [0.15, 0.2) is 0 Å². The second-order valence-electron chi connectivity index (χ2n) is 9.60. The lowest BCUT2D eigenvalue weighted by molar-refractivity contribution is -0.118. The van der Waals surface area contributed by atoms with Crippen molar-refractivity contribution in [3.63, 3.8) is 0 Å². The van der Waals surface area contributed by atoms with Crippen molar-refractivity contribution in [3.8, 4) is 5.88 Å². The third-order valence-corrected chi connectivity index (χ3v) is 6.54. The minimum Gasteiger partial charge on any atom is -0.474 e. The standard InChI is InChI=1S/C29H36N6O3/c1-3-4-5-26(34-28(36)21-6-8-22(9-7-21)32-23-12-16-30-17-13-23)29(37)33-24-10-11-27(31-20-24)38-25-14-18-35(2)19-15-25/h6-13,16-17,20,25-26H,3-5,14-15,18-19H2,1-2H3,(H,30,32)(H,33,37)(H,34,36). The normalized spacial score (nSPS) is 14.9. The second kappa shape index (κ2) is 13.5. The van der Waals surface area contributed by atoms with Gasteiger partial charge >= 0.3 is 0 Å². The van der Waals surface area contributed by atoms with Crippen LogP contribution in [-0.4, -0.2) is 59.0 Å². The minimum atomic E-state index is -0.660. The first-order valence-electron chi connectivity index (χ1n) is 13.2. The Labute approximate surface area is 224 Å². The Morgan fingerprint density at radius 2 is 1.68 bits per heavy atom. The fourth-order valence-electron chi connectivity index (χ4n) is 4.25. The van der Waals surface area contributed by atoms with Gasteiger partial charge in [-0.25, -0.2) is 4.98 Å². The van der Waals surface area contributed by atoms with Crippen LogP contribution in [0.15, 0.2) is 67.1 Å². The molecule has 0 spiro atoms. The highest BCUT2D eigenvalue weighted by atomic mass is 16.5. The molecule has 38 heavy (non-hydrogen) atoms. The van der Waals surface area contributed by atoms with Gasteiger partial charge in [0.05, 0.1) is 11.9 Å². The summed E-state index contributed by atoms with van der Waals surface area (Å²) in [4.78, 5) is 36.7. The fraction of sp³-hybridized carbons (Fsp3) is 0.379. The smallest absolute Gasteiger partial charge is 0.251 e. The summed E-state index contributed by atoms with van der Waals surface area (Å²) in [6.45, 7) is 4.07. The van der Waals surface area contributed by atoms with E-state index in [0.717, 1.165) is 50.1 Å². The van der Waals surface area contributed by atoms with Gasteiger partial charge in [0.25, 0.3) is 5.91 Å². The molecular formula is C29H36N6O3. The van der Waals surface area contributed by atoms with Gasteiger partial charge in [0, 0.05) is 48.5 Å². The number of carbonyl (C=O) groups is 2. The molecule has 9 heteroatoms. The first-order valence-corrected chi connectivity index (χ1v) is 13.2. The van der Waals surface area contributed by atoms with Gasteiger partial charge in [-0.1, -0.05) is 19.8 Å². The van der Waals surface area contributed by atoms with Crippen molar-refractivity contribution in [1.82, 2.24) is 20.2 Å². The zero-order valence-corrected chi connectivity index (χ0v) is 22.0. The monoisotopic (exact) mass is 516 g/mol. The molecule has 200 valence electrons. The number of aromatic nitrogens is 2. The highest BCUT2D eigenvalue weighted by Crippen LogP contribution is 2.19. The lowest BCUT2D eigenvalue weighted by Gasteiger charge is -2.28. The van der Waals surface area contributed by atoms with E-state index in [1.165, 1.54) is 0 Å². The fourth-order valence-corrected chi connectivity index (χ4v) is 4.25. The molecule has 1 atom stereocenters. The SMILES string of the molecule is CCCCC(NC(=O)c1ccc(Nc2ccncc2)cc1)C(=O)Nc1ccc(OC2CCN(C)CC2)nc1. The Hall–Kier alpha value is -3.98. The van der Waals surface area contributed by atoms with Gasteiger partial charge in [0.2, 0.25) is 11.8 Å². The Balaban J connectivity index is 1.32. The molecule has 3 N–H and O–H groups in total. The Morgan fingerprint density at radius 3 is 2.34 bits per heavy atom. The van der Waals surface area contributed by atoms with Crippen molar-refractivity contribution in [1.29, 1.82) is 0 Å². The minimum absolute atomic E-state index is 0.160. The van der Waals surface area contributed by atoms with E-state index in [9.17, 15) is 9.59 Å². The summed E-state index contributed by atoms with van der Waals surface area (Å²) in [5, 5.41) is 9.05. The first kappa shape index (κ1) is 27.1. The van der Waals surface area contributed by atoms with Gasteiger partial charge in [0.1, 0.15) is 12.1 Å². The van der Waals surface area contributed by atoms with Crippen LogP contribution in [0, 0.1) is 0 Å². The number of rotatable bonds is 11. The van der Waals surface area contributed by atoms with Crippen LogP contribution in [0.2, 0.25) is 0 Å². The molecule has 1 aromatic carbocycles. The molecule has 1 fully saturated rings. The largest absolute Gasteiger partial charge is 0.474 e. The molecule has 3 heterocycles. The van der Waals surface area contributed by atoms with Crippen molar-refractivity contribution < 1.29 is 14.3 Å². The number of piperidine rings is 1. The van der Waals surface area contributed by atoms with Crippen LogP contribution >= 0.6 is 0 Å². The van der Waals surface area contributed by atoms with Crippen LogP contribution in [0.25, 0.3) is 0 Å². The van der Waals surface area contributed by atoms with E-state index in [-0.39, 0.29) is 17.9 Å². The lowest BCUT2D eigenvalue weighted by Crippen LogP contribution is -2.43. The number of likely N-dealkylation sites (tertiary alicyclic amines) is 1. The maximum Gasteiger partial charge on any atom is 0.251 e. The van der Waals surface area contributed by atoms with E-state index in [1.54, 1.807) is 42.9 Å². The number of benzene rings is 1. The highest BCUT2D eigenvalue weighted by molar-refractivity contribution is 6.01. The van der Waals surface area contributed by atoms with Gasteiger partial charge in [-0.3, -0.25) is 14.6 Å². The van der Waals surface area contributed by atoms with Crippen LogP contribution in [0.5, 0.6) is 5.88 Å². The molecule has 0 radical (unpaired) electrons. The average molecular weight is 517 g/mol. The van der Waals surface area contributed by atoms with Gasteiger partial charge in [-0.15, -0.1) is 0 Å². The topological polar surface area (TPSA) is 108 Å². The summed E-state index contributed by atoms with van der Waals surface area (Å²) in [7, 11) is 2.11. The van der Waals surface area contributed by atoms with Gasteiger partial charge in [-0.05, 0) is 68.8 Å². The Morgan fingerprint density at radius 1 is 1.00 bits per heavy atom. The molecule has 9 nitrogen and oxygen atoms in total. The van der Waals surface area contributed by atoms with Crippen molar-refractivity contribution in [2.24, 2.45) is 0 Å². The molecular weight excluding hydrogens is 480 g/mol. The second-order valence-corrected chi connectivity index (χ2v) is 9.60. The number of nitrogens with one attached hydrogen (secondary N) is 3. The third-order valence-electron chi connectivity index (χ3n) is 6.54. The first-order chi connectivity index (χ1) is 18.5. The van der Waals surface area contributed by atoms with Crippen LogP contribution in [0.3, 0.4) is 0 Å². The molecule has 0 aliphatic carbocycles. The average Bonchev–Trinajstić information content (AvgIpc) is 2.94. The van der Waals surface area contributed by atoms with Crippen molar-refractivity contribution in [3.05, 3.63) is 72.7 Å². The summed E-state index contributed by atoms with van der Waals surface area (Å²) < 4.78 is 5.99. The number of hydrogen-bond acceptors (Lipinski definition) is 7. The van der Waals surface area contributed by atoms with Gasteiger partial charge in [-0.2, -0.15) is 0 Å². The summed E-state index contributed by atoms with van der Waals surface area (Å²) >= 11 is 0. The van der Waals surface area contributed by atoms with E-state index < -0.39 is 6.04 Å². The van der Waals surface area contributed by atoms with Crippen molar-refractivity contribution in [2.45, 2.75) is 51.2 Å². The summed E-state index contributed by atoms with van der Waals surface area (Å²) in [6, 6.07) is 13.8. The number of amides is 2. The zero-order valence-electron chi connectivity index (χ0n) is 22.0. The number of hydrogen-bond donors (Lipinski definition) is 3. The number of pyridine rings is 2. The summed E-state index contributed by atoms with van der Waals surface area (Å²) in [5.74, 6) is -0.0134. The Kier molecular flexibility index (Phi) is 9.64. The third kappa shape index (κ3) is 8.01. The van der Waals surface area contributed by atoms with Crippen LogP contribution < -0.4 is 20.7 Å². The molecule has 0 saturated carbocycles. The molecule has 1 aliphatic heterocycles.